The summed E-state index contributed by atoms with van der Waals surface area (Å²) in [6, 6.07) is 0. The van der Waals surface area contributed by atoms with Gasteiger partial charge in [0.2, 0.25) is 0 Å². The predicted octanol–water partition coefficient (Wildman–Crippen LogP) is 2.44. The molecule has 0 aromatic heterocycles. The zero-order chi connectivity index (χ0) is 12.2. The monoisotopic (exact) mass is 214 g/mol. The lowest BCUT2D eigenvalue weighted by Crippen LogP contribution is -2.33. The number of methoxy groups -OCH3 is 1. The molecule has 0 saturated carbocycles. The zero-order valence-electron chi connectivity index (χ0n) is 10.6. The van der Waals surface area contributed by atoms with Crippen molar-refractivity contribution in [1.29, 1.82) is 0 Å². The van der Waals surface area contributed by atoms with Crippen LogP contribution >= 0.6 is 0 Å². The van der Waals surface area contributed by atoms with Gasteiger partial charge in [0.15, 0.2) is 0 Å². The lowest BCUT2D eigenvalue weighted by molar-refractivity contribution is -0.146. The molecular weight excluding hydrogens is 192 g/mol. The molecule has 0 aromatic rings. The number of Topliss-reactive ketones (excluding diaryl/α,β-unsaturated/α-hetero) is 1. The molecule has 3 nitrogen and oxygen atoms in total. The van der Waals surface area contributed by atoms with Crippen LogP contribution in [0.25, 0.3) is 0 Å². The number of ketones is 1. The number of esters is 1. The minimum absolute atomic E-state index is 0.128. The highest BCUT2D eigenvalue weighted by atomic mass is 16.5. The van der Waals surface area contributed by atoms with Crippen molar-refractivity contribution in [2.24, 2.45) is 17.3 Å². The average Bonchev–Trinajstić information content (AvgIpc) is 2.10. The van der Waals surface area contributed by atoms with Crippen molar-refractivity contribution in [1.82, 2.24) is 0 Å². The number of hydrogen-bond donors (Lipinski definition) is 0. The summed E-state index contributed by atoms with van der Waals surface area (Å²) in [4.78, 5) is 23.2. The summed E-state index contributed by atoms with van der Waals surface area (Å²) in [5, 5.41) is 0. The summed E-state index contributed by atoms with van der Waals surface area (Å²) in [5.41, 5.74) is -0.400. The van der Waals surface area contributed by atoms with Crippen LogP contribution in [0.4, 0.5) is 0 Å². The van der Waals surface area contributed by atoms with Crippen LogP contribution in [-0.4, -0.2) is 18.9 Å². The standard InChI is InChI=1S/C12H22O3/c1-8(2)9(7-10(13)15-6)11(14)12(3,4)5/h8-9H,7H2,1-6H3. The fraction of sp³-hybridized carbons (Fsp3) is 0.833. The first-order chi connectivity index (χ1) is 6.70. The smallest absolute Gasteiger partial charge is 0.306 e. The largest absolute Gasteiger partial charge is 0.469 e. The highest BCUT2D eigenvalue weighted by molar-refractivity contribution is 5.89. The highest BCUT2D eigenvalue weighted by Crippen LogP contribution is 2.27. The van der Waals surface area contributed by atoms with Gasteiger partial charge in [-0.05, 0) is 5.92 Å². The Balaban J connectivity index is 4.68. The van der Waals surface area contributed by atoms with E-state index < -0.39 is 5.41 Å². The molecule has 1 atom stereocenters. The van der Waals surface area contributed by atoms with Gasteiger partial charge in [-0.3, -0.25) is 9.59 Å². The number of ether oxygens (including phenoxy) is 1. The van der Waals surface area contributed by atoms with E-state index in [1.807, 2.05) is 34.6 Å². The fourth-order valence-corrected chi connectivity index (χ4v) is 1.45. The normalized spacial score (nSPS) is 13.8. The molecule has 15 heavy (non-hydrogen) atoms. The lowest BCUT2D eigenvalue weighted by atomic mass is 9.77. The molecule has 0 aromatic carbocycles. The number of hydrogen-bond acceptors (Lipinski definition) is 3. The van der Waals surface area contributed by atoms with E-state index in [-0.39, 0.29) is 30.0 Å². The van der Waals surface area contributed by atoms with E-state index in [0.717, 1.165) is 0 Å². The third-order valence-corrected chi connectivity index (χ3v) is 2.49. The Morgan fingerprint density at radius 3 is 1.93 bits per heavy atom. The van der Waals surface area contributed by atoms with Crippen LogP contribution in [0.3, 0.4) is 0 Å². The fourth-order valence-electron chi connectivity index (χ4n) is 1.45. The maximum Gasteiger partial charge on any atom is 0.306 e. The number of carbonyl (C=O) groups is 2. The molecular formula is C12H22O3. The molecule has 0 N–H and O–H groups in total. The SMILES string of the molecule is COC(=O)CC(C(=O)C(C)(C)C)C(C)C. The van der Waals surface area contributed by atoms with E-state index in [9.17, 15) is 9.59 Å². The summed E-state index contributed by atoms with van der Waals surface area (Å²) in [5.74, 6) is -0.262. The van der Waals surface area contributed by atoms with E-state index >= 15 is 0 Å². The Bertz CT molecular complexity index is 236. The second-order valence-corrected chi connectivity index (χ2v) is 5.25. The van der Waals surface area contributed by atoms with Crippen LogP contribution in [0.1, 0.15) is 41.0 Å². The molecule has 1 unspecified atom stereocenters. The van der Waals surface area contributed by atoms with Gasteiger partial charge in [-0.15, -0.1) is 0 Å². The van der Waals surface area contributed by atoms with Crippen molar-refractivity contribution in [3.8, 4) is 0 Å². The Hall–Kier alpha value is -0.860. The third kappa shape index (κ3) is 4.45. The Kier molecular flexibility index (Phi) is 4.98. The Labute approximate surface area is 92.2 Å². The van der Waals surface area contributed by atoms with Crippen molar-refractivity contribution in [3.05, 3.63) is 0 Å². The molecule has 88 valence electrons. The van der Waals surface area contributed by atoms with Gasteiger partial charge in [-0.2, -0.15) is 0 Å². The Morgan fingerprint density at radius 2 is 1.67 bits per heavy atom. The molecule has 0 amide bonds. The third-order valence-electron chi connectivity index (χ3n) is 2.49. The first-order valence-corrected chi connectivity index (χ1v) is 5.31. The van der Waals surface area contributed by atoms with E-state index in [2.05, 4.69) is 4.74 Å². The van der Waals surface area contributed by atoms with Crippen molar-refractivity contribution < 1.29 is 14.3 Å². The molecule has 0 saturated heterocycles. The van der Waals surface area contributed by atoms with Gasteiger partial charge in [0, 0.05) is 11.3 Å². The number of carbonyl (C=O) groups excluding carboxylic acids is 2. The molecule has 0 bridgehead atoms. The minimum Gasteiger partial charge on any atom is -0.469 e. The van der Waals surface area contributed by atoms with Crippen LogP contribution in [0.15, 0.2) is 0 Å². The molecule has 0 spiro atoms. The van der Waals surface area contributed by atoms with E-state index in [1.165, 1.54) is 7.11 Å². The highest BCUT2D eigenvalue weighted by Gasteiger charge is 2.33. The maximum absolute atomic E-state index is 12.0. The average molecular weight is 214 g/mol. The summed E-state index contributed by atoms with van der Waals surface area (Å²) in [6.07, 6.45) is 0.185. The first-order valence-electron chi connectivity index (χ1n) is 5.31. The second kappa shape index (κ2) is 5.29. The van der Waals surface area contributed by atoms with E-state index in [4.69, 9.17) is 0 Å². The molecule has 0 aliphatic rings. The minimum atomic E-state index is -0.400. The van der Waals surface area contributed by atoms with Gasteiger partial charge >= 0.3 is 5.97 Å². The summed E-state index contributed by atoms with van der Waals surface area (Å²) < 4.78 is 4.60. The van der Waals surface area contributed by atoms with E-state index in [1.54, 1.807) is 0 Å². The van der Waals surface area contributed by atoms with Crippen LogP contribution in [0, 0.1) is 17.3 Å². The quantitative estimate of drug-likeness (QED) is 0.675. The van der Waals surface area contributed by atoms with Gasteiger partial charge in [0.1, 0.15) is 5.78 Å². The molecule has 0 aliphatic carbocycles. The molecule has 0 aliphatic heterocycles. The Morgan fingerprint density at radius 1 is 1.20 bits per heavy atom. The van der Waals surface area contributed by atoms with Crippen molar-refractivity contribution in [2.75, 3.05) is 7.11 Å². The lowest BCUT2D eigenvalue weighted by Gasteiger charge is -2.26. The first kappa shape index (κ1) is 14.1. The molecule has 0 heterocycles. The van der Waals surface area contributed by atoms with Crippen molar-refractivity contribution in [2.45, 2.75) is 41.0 Å². The number of rotatable bonds is 4. The maximum atomic E-state index is 12.0. The summed E-state index contributed by atoms with van der Waals surface area (Å²) in [7, 11) is 1.35. The summed E-state index contributed by atoms with van der Waals surface area (Å²) in [6.45, 7) is 9.54. The van der Waals surface area contributed by atoms with Crippen LogP contribution < -0.4 is 0 Å². The molecule has 0 fully saturated rings. The molecule has 0 rings (SSSR count). The topological polar surface area (TPSA) is 43.4 Å². The second-order valence-electron chi connectivity index (χ2n) is 5.25. The van der Waals surface area contributed by atoms with Crippen LogP contribution in [0.2, 0.25) is 0 Å². The van der Waals surface area contributed by atoms with Gasteiger partial charge in [-0.1, -0.05) is 34.6 Å². The molecule has 0 radical (unpaired) electrons. The van der Waals surface area contributed by atoms with Gasteiger partial charge in [0.05, 0.1) is 13.5 Å². The van der Waals surface area contributed by atoms with Crippen LogP contribution in [-0.2, 0) is 14.3 Å². The van der Waals surface area contributed by atoms with Crippen LogP contribution in [0.5, 0.6) is 0 Å². The van der Waals surface area contributed by atoms with Gasteiger partial charge in [-0.25, -0.2) is 0 Å². The summed E-state index contributed by atoms with van der Waals surface area (Å²) >= 11 is 0. The van der Waals surface area contributed by atoms with E-state index in [0.29, 0.717) is 0 Å². The predicted molar refractivity (Wildman–Crippen MR) is 59.4 cm³/mol. The van der Waals surface area contributed by atoms with Gasteiger partial charge in [0.25, 0.3) is 0 Å². The van der Waals surface area contributed by atoms with Gasteiger partial charge < -0.3 is 4.74 Å². The van der Waals surface area contributed by atoms with Crippen molar-refractivity contribution >= 4 is 11.8 Å². The molecule has 3 heteroatoms. The van der Waals surface area contributed by atoms with Crippen molar-refractivity contribution in [3.63, 3.8) is 0 Å². The zero-order valence-corrected chi connectivity index (χ0v) is 10.6.